The molecule has 0 bridgehead atoms. The summed E-state index contributed by atoms with van der Waals surface area (Å²) in [7, 11) is 1.94. The predicted octanol–water partition coefficient (Wildman–Crippen LogP) is 2.28. The van der Waals surface area contributed by atoms with Crippen molar-refractivity contribution in [3.8, 4) is 0 Å². The highest BCUT2D eigenvalue weighted by molar-refractivity contribution is 5.92. The van der Waals surface area contributed by atoms with Crippen LogP contribution in [0.2, 0.25) is 0 Å². The summed E-state index contributed by atoms with van der Waals surface area (Å²) in [5, 5.41) is 0. The standard InChI is InChI=1S/C17H25N3O/c1-3-10-20-13-6-9-17(20)8-5-12-19(14-17)16(21)15-7-4-11-18(15)2/h3-4,7,11H,1,5-6,8-10,12-14H2,2H3. The Kier molecular flexibility index (Phi) is 3.89. The van der Waals surface area contributed by atoms with E-state index in [0.717, 1.165) is 38.3 Å². The van der Waals surface area contributed by atoms with E-state index in [1.54, 1.807) is 0 Å². The summed E-state index contributed by atoms with van der Waals surface area (Å²) in [6.45, 7) is 7.71. The van der Waals surface area contributed by atoms with E-state index in [1.165, 1.54) is 19.3 Å². The third kappa shape index (κ3) is 2.53. The summed E-state index contributed by atoms with van der Waals surface area (Å²) in [6, 6.07) is 3.85. The first-order valence-electron chi connectivity index (χ1n) is 7.93. The molecule has 1 aromatic rings. The Hall–Kier alpha value is -1.55. The number of hydrogen-bond donors (Lipinski definition) is 0. The van der Waals surface area contributed by atoms with Crippen molar-refractivity contribution in [2.24, 2.45) is 7.05 Å². The number of carbonyl (C=O) groups is 1. The molecule has 1 unspecified atom stereocenters. The SMILES string of the molecule is C=CCN1CCCC12CCCN(C(=O)c1cccn1C)C2. The van der Waals surface area contributed by atoms with Crippen LogP contribution in [-0.2, 0) is 7.05 Å². The van der Waals surface area contributed by atoms with Crippen molar-refractivity contribution in [2.45, 2.75) is 31.2 Å². The second-order valence-electron chi connectivity index (χ2n) is 6.40. The summed E-state index contributed by atoms with van der Waals surface area (Å²) < 4.78 is 1.92. The van der Waals surface area contributed by atoms with Crippen LogP contribution < -0.4 is 0 Å². The van der Waals surface area contributed by atoms with E-state index in [2.05, 4.69) is 16.4 Å². The molecule has 2 aliphatic heterocycles. The topological polar surface area (TPSA) is 28.5 Å². The average Bonchev–Trinajstić information content (AvgIpc) is 3.06. The predicted molar refractivity (Wildman–Crippen MR) is 84.3 cm³/mol. The fraction of sp³-hybridized carbons (Fsp3) is 0.588. The number of likely N-dealkylation sites (tertiary alicyclic amines) is 2. The molecule has 1 spiro atoms. The molecule has 0 aliphatic carbocycles. The maximum absolute atomic E-state index is 12.8. The van der Waals surface area contributed by atoms with Gasteiger partial charge < -0.3 is 9.47 Å². The molecule has 1 aromatic heterocycles. The van der Waals surface area contributed by atoms with E-state index < -0.39 is 0 Å². The van der Waals surface area contributed by atoms with Crippen LogP contribution in [-0.4, -0.2) is 52.0 Å². The number of rotatable bonds is 3. The van der Waals surface area contributed by atoms with Gasteiger partial charge in [0.05, 0.1) is 0 Å². The summed E-state index contributed by atoms with van der Waals surface area (Å²) in [5.74, 6) is 0.173. The Bertz CT molecular complexity index is 536. The second kappa shape index (κ2) is 5.68. The zero-order valence-corrected chi connectivity index (χ0v) is 12.9. The number of aryl methyl sites for hydroxylation is 1. The third-order valence-electron chi connectivity index (χ3n) is 5.10. The Morgan fingerprint density at radius 2 is 2.14 bits per heavy atom. The van der Waals surface area contributed by atoms with Gasteiger partial charge in [0, 0.05) is 38.4 Å². The molecule has 2 saturated heterocycles. The van der Waals surface area contributed by atoms with Crippen LogP contribution in [0, 0.1) is 0 Å². The molecule has 4 heteroatoms. The maximum atomic E-state index is 12.8. The highest BCUT2D eigenvalue weighted by Gasteiger charge is 2.44. The van der Waals surface area contributed by atoms with Gasteiger partial charge in [0.2, 0.25) is 0 Å². The van der Waals surface area contributed by atoms with Crippen LogP contribution in [0.1, 0.15) is 36.2 Å². The second-order valence-corrected chi connectivity index (χ2v) is 6.40. The molecule has 1 atom stereocenters. The Balaban J connectivity index is 1.78. The molecule has 3 rings (SSSR count). The molecule has 21 heavy (non-hydrogen) atoms. The minimum absolute atomic E-state index is 0.173. The Labute approximate surface area is 127 Å². The van der Waals surface area contributed by atoms with Crippen LogP contribution in [0.15, 0.2) is 31.0 Å². The number of piperidine rings is 1. The fourth-order valence-electron chi connectivity index (χ4n) is 4.03. The van der Waals surface area contributed by atoms with Gasteiger partial charge in [0.15, 0.2) is 0 Å². The lowest BCUT2D eigenvalue weighted by Crippen LogP contribution is -2.57. The van der Waals surface area contributed by atoms with E-state index in [4.69, 9.17) is 0 Å². The van der Waals surface area contributed by atoms with Gasteiger partial charge in [-0.3, -0.25) is 9.69 Å². The highest BCUT2D eigenvalue weighted by atomic mass is 16.2. The van der Waals surface area contributed by atoms with Crippen molar-refractivity contribution in [1.82, 2.24) is 14.4 Å². The number of nitrogens with zero attached hydrogens (tertiary/aromatic N) is 3. The Morgan fingerprint density at radius 1 is 1.38 bits per heavy atom. The smallest absolute Gasteiger partial charge is 0.270 e. The van der Waals surface area contributed by atoms with E-state index in [9.17, 15) is 4.79 Å². The fourth-order valence-corrected chi connectivity index (χ4v) is 4.03. The van der Waals surface area contributed by atoms with E-state index in [-0.39, 0.29) is 11.4 Å². The van der Waals surface area contributed by atoms with Gasteiger partial charge in [-0.1, -0.05) is 6.08 Å². The van der Waals surface area contributed by atoms with Crippen molar-refractivity contribution in [3.63, 3.8) is 0 Å². The molecule has 2 fully saturated rings. The number of hydrogen-bond acceptors (Lipinski definition) is 2. The van der Waals surface area contributed by atoms with Crippen molar-refractivity contribution in [3.05, 3.63) is 36.7 Å². The van der Waals surface area contributed by atoms with Gasteiger partial charge >= 0.3 is 0 Å². The van der Waals surface area contributed by atoms with Gasteiger partial charge in [0.1, 0.15) is 5.69 Å². The number of aromatic nitrogens is 1. The molecule has 0 N–H and O–H groups in total. The molecule has 3 heterocycles. The molecule has 4 nitrogen and oxygen atoms in total. The molecule has 1 amide bonds. The average molecular weight is 287 g/mol. The summed E-state index contributed by atoms with van der Waals surface area (Å²) in [4.78, 5) is 17.3. The van der Waals surface area contributed by atoms with E-state index >= 15 is 0 Å². The van der Waals surface area contributed by atoms with Crippen LogP contribution >= 0.6 is 0 Å². The number of carbonyl (C=O) groups excluding carboxylic acids is 1. The minimum atomic E-state index is 0.173. The molecule has 0 saturated carbocycles. The van der Waals surface area contributed by atoms with Crippen molar-refractivity contribution >= 4 is 5.91 Å². The van der Waals surface area contributed by atoms with Gasteiger partial charge in [0.25, 0.3) is 5.91 Å². The zero-order valence-electron chi connectivity index (χ0n) is 12.9. The first kappa shape index (κ1) is 14.4. The molecule has 0 aromatic carbocycles. The molecular formula is C17H25N3O. The normalized spacial score (nSPS) is 26.4. The van der Waals surface area contributed by atoms with E-state index in [1.807, 2.05) is 36.0 Å². The molecule has 2 aliphatic rings. The van der Waals surface area contributed by atoms with Gasteiger partial charge in [-0.15, -0.1) is 6.58 Å². The monoisotopic (exact) mass is 287 g/mol. The lowest BCUT2D eigenvalue weighted by Gasteiger charge is -2.45. The first-order valence-corrected chi connectivity index (χ1v) is 7.93. The maximum Gasteiger partial charge on any atom is 0.270 e. The van der Waals surface area contributed by atoms with Crippen LogP contribution in [0.25, 0.3) is 0 Å². The van der Waals surface area contributed by atoms with Crippen LogP contribution in [0.3, 0.4) is 0 Å². The van der Waals surface area contributed by atoms with E-state index in [0.29, 0.717) is 0 Å². The molecular weight excluding hydrogens is 262 g/mol. The first-order chi connectivity index (χ1) is 10.2. The lowest BCUT2D eigenvalue weighted by molar-refractivity contribution is 0.0360. The van der Waals surface area contributed by atoms with Crippen LogP contribution in [0.5, 0.6) is 0 Å². The molecule has 114 valence electrons. The quantitative estimate of drug-likeness (QED) is 0.798. The molecule has 0 radical (unpaired) electrons. The van der Waals surface area contributed by atoms with Gasteiger partial charge in [-0.25, -0.2) is 0 Å². The van der Waals surface area contributed by atoms with Crippen molar-refractivity contribution < 1.29 is 4.79 Å². The van der Waals surface area contributed by atoms with Gasteiger partial charge in [-0.05, 0) is 44.4 Å². The summed E-state index contributed by atoms with van der Waals surface area (Å²) >= 11 is 0. The zero-order chi connectivity index (χ0) is 14.9. The number of amides is 1. The third-order valence-corrected chi connectivity index (χ3v) is 5.10. The lowest BCUT2D eigenvalue weighted by atomic mass is 9.86. The van der Waals surface area contributed by atoms with Gasteiger partial charge in [-0.2, -0.15) is 0 Å². The largest absolute Gasteiger partial charge is 0.347 e. The van der Waals surface area contributed by atoms with Crippen molar-refractivity contribution in [2.75, 3.05) is 26.2 Å². The summed E-state index contributed by atoms with van der Waals surface area (Å²) in [6.07, 6.45) is 8.68. The highest BCUT2D eigenvalue weighted by Crippen LogP contribution is 2.37. The summed E-state index contributed by atoms with van der Waals surface area (Å²) in [5.41, 5.74) is 0.980. The van der Waals surface area contributed by atoms with Crippen molar-refractivity contribution in [1.29, 1.82) is 0 Å². The Morgan fingerprint density at radius 3 is 2.81 bits per heavy atom. The minimum Gasteiger partial charge on any atom is -0.347 e. The van der Waals surface area contributed by atoms with Crippen LogP contribution in [0.4, 0.5) is 0 Å².